The number of hydrogen-bond acceptors (Lipinski definition) is 6. The maximum absolute atomic E-state index is 11.7. The first-order valence-electron chi connectivity index (χ1n) is 4.95. The molecule has 0 aliphatic heterocycles. The van der Waals surface area contributed by atoms with Gasteiger partial charge in [0, 0.05) is 11.8 Å². The van der Waals surface area contributed by atoms with E-state index < -0.39 is 21.9 Å². The third-order valence-electron chi connectivity index (χ3n) is 2.32. The second-order valence-corrected chi connectivity index (χ2v) is 5.53. The Bertz CT molecular complexity index is 549. The van der Waals surface area contributed by atoms with Crippen LogP contribution >= 0.6 is 0 Å². The van der Waals surface area contributed by atoms with E-state index in [1.54, 1.807) is 0 Å². The van der Waals surface area contributed by atoms with Gasteiger partial charge in [-0.1, -0.05) is 12.1 Å². The molecule has 0 saturated heterocycles. The van der Waals surface area contributed by atoms with Crippen LogP contribution in [0.2, 0.25) is 0 Å². The van der Waals surface area contributed by atoms with Gasteiger partial charge in [0.25, 0.3) is 0 Å². The Labute approximate surface area is 105 Å². The summed E-state index contributed by atoms with van der Waals surface area (Å²) in [4.78, 5) is 11.1. The fraction of sp³-hybridized carbons (Fsp3) is 0.364. The molecule has 0 aliphatic rings. The number of ether oxygens (including phenoxy) is 2. The third-order valence-corrected chi connectivity index (χ3v) is 3.50. The lowest BCUT2D eigenvalue weighted by molar-refractivity contribution is -0.150. The molecule has 0 aliphatic carbocycles. The number of carbonyl (C=O) groups is 1. The topological polar surface area (TPSA) is 89.9 Å². The molecule has 100 valence electrons. The Morgan fingerprint density at radius 1 is 1.33 bits per heavy atom. The van der Waals surface area contributed by atoms with Gasteiger partial charge in [-0.3, -0.25) is 0 Å². The maximum Gasteiger partial charge on any atom is 0.339 e. The van der Waals surface area contributed by atoms with Crippen molar-refractivity contribution < 1.29 is 27.8 Å². The first kappa shape index (κ1) is 14.5. The quantitative estimate of drug-likeness (QED) is 0.794. The van der Waals surface area contributed by atoms with Gasteiger partial charge in [0.1, 0.15) is 10.6 Å². The highest BCUT2D eigenvalue weighted by atomic mass is 32.2. The molecule has 0 radical (unpaired) electrons. The molecule has 0 heterocycles. The molecular formula is C11H14O6S. The number of benzene rings is 1. The van der Waals surface area contributed by atoms with Crippen molar-refractivity contribution in [3.8, 4) is 5.75 Å². The van der Waals surface area contributed by atoms with Crippen molar-refractivity contribution in [1.29, 1.82) is 0 Å². The van der Waals surface area contributed by atoms with Crippen LogP contribution in [-0.4, -0.2) is 40.0 Å². The highest BCUT2D eigenvalue weighted by Crippen LogP contribution is 2.31. The van der Waals surface area contributed by atoms with E-state index in [-0.39, 0.29) is 16.2 Å². The van der Waals surface area contributed by atoms with Crippen molar-refractivity contribution in [2.24, 2.45) is 0 Å². The maximum atomic E-state index is 11.7. The van der Waals surface area contributed by atoms with E-state index in [2.05, 4.69) is 4.74 Å². The van der Waals surface area contributed by atoms with Crippen LogP contribution in [0.3, 0.4) is 0 Å². The van der Waals surface area contributed by atoms with E-state index in [1.165, 1.54) is 25.3 Å². The van der Waals surface area contributed by atoms with Crippen LogP contribution in [0, 0.1) is 0 Å². The van der Waals surface area contributed by atoms with Crippen molar-refractivity contribution in [3.05, 3.63) is 23.8 Å². The van der Waals surface area contributed by atoms with E-state index >= 15 is 0 Å². The monoisotopic (exact) mass is 274 g/mol. The predicted octanol–water partition coefficient (Wildman–Crippen LogP) is 0.305. The van der Waals surface area contributed by atoms with Crippen molar-refractivity contribution in [2.75, 3.05) is 20.5 Å². The van der Waals surface area contributed by atoms with Gasteiger partial charge in [0.05, 0.1) is 14.2 Å². The summed E-state index contributed by atoms with van der Waals surface area (Å²) in [7, 11) is -1.25. The zero-order chi connectivity index (χ0) is 13.9. The first-order chi connectivity index (χ1) is 8.32. The van der Waals surface area contributed by atoms with Crippen LogP contribution in [-0.2, 0) is 19.4 Å². The first-order valence-corrected chi connectivity index (χ1v) is 6.85. The lowest BCUT2D eigenvalue weighted by atomic mass is 10.1. The van der Waals surface area contributed by atoms with Crippen LogP contribution in [0.15, 0.2) is 23.1 Å². The lowest BCUT2D eigenvalue weighted by Crippen LogP contribution is -2.17. The zero-order valence-electron chi connectivity index (χ0n) is 10.2. The van der Waals surface area contributed by atoms with E-state index in [0.717, 1.165) is 13.4 Å². The number of methoxy groups -OCH3 is 2. The van der Waals surface area contributed by atoms with E-state index in [9.17, 15) is 18.3 Å². The summed E-state index contributed by atoms with van der Waals surface area (Å²) in [6, 6.07) is 4.25. The third kappa shape index (κ3) is 2.80. The molecule has 0 bridgehead atoms. The Hall–Kier alpha value is -1.60. The van der Waals surface area contributed by atoms with Gasteiger partial charge in [0.15, 0.2) is 15.9 Å². The molecule has 7 heteroatoms. The van der Waals surface area contributed by atoms with Crippen LogP contribution < -0.4 is 4.74 Å². The molecule has 0 aromatic heterocycles. The summed E-state index contributed by atoms with van der Waals surface area (Å²) >= 11 is 0. The molecule has 1 aromatic carbocycles. The fourth-order valence-electron chi connectivity index (χ4n) is 1.54. The Kier molecular flexibility index (Phi) is 4.31. The molecular weight excluding hydrogens is 260 g/mol. The second kappa shape index (κ2) is 5.36. The average molecular weight is 274 g/mol. The second-order valence-electron chi connectivity index (χ2n) is 3.58. The molecule has 1 N–H and O–H groups in total. The highest BCUT2D eigenvalue weighted by molar-refractivity contribution is 7.90. The molecule has 0 saturated carbocycles. The van der Waals surface area contributed by atoms with Gasteiger partial charge in [-0.25, -0.2) is 13.2 Å². The lowest BCUT2D eigenvalue weighted by Gasteiger charge is -2.15. The Morgan fingerprint density at radius 2 is 1.94 bits per heavy atom. The van der Waals surface area contributed by atoms with Gasteiger partial charge in [0.2, 0.25) is 0 Å². The summed E-state index contributed by atoms with van der Waals surface area (Å²) in [6.45, 7) is 0. The number of rotatable bonds is 4. The van der Waals surface area contributed by atoms with Gasteiger partial charge in [-0.05, 0) is 6.07 Å². The smallest absolute Gasteiger partial charge is 0.339 e. The number of esters is 1. The summed E-state index contributed by atoms with van der Waals surface area (Å²) in [5.41, 5.74) is -0.0660. The molecule has 1 rings (SSSR count). The van der Waals surface area contributed by atoms with Crippen molar-refractivity contribution in [1.82, 2.24) is 0 Å². The summed E-state index contributed by atoms with van der Waals surface area (Å²) < 4.78 is 32.7. The molecule has 1 unspecified atom stereocenters. The number of aliphatic hydroxyl groups is 1. The fourth-order valence-corrected chi connectivity index (χ4v) is 2.67. The molecule has 6 nitrogen and oxygen atoms in total. The van der Waals surface area contributed by atoms with E-state index in [4.69, 9.17) is 4.74 Å². The summed E-state index contributed by atoms with van der Waals surface area (Å²) in [6.07, 6.45) is -0.701. The molecule has 0 fully saturated rings. The van der Waals surface area contributed by atoms with Gasteiger partial charge >= 0.3 is 5.97 Å². The number of hydrogen-bond donors (Lipinski definition) is 1. The van der Waals surface area contributed by atoms with Crippen LogP contribution in [0.1, 0.15) is 11.7 Å². The minimum atomic E-state index is -3.66. The van der Waals surface area contributed by atoms with Crippen LogP contribution in [0.4, 0.5) is 0 Å². The molecule has 1 atom stereocenters. The van der Waals surface area contributed by atoms with E-state index in [0.29, 0.717) is 0 Å². The predicted molar refractivity (Wildman–Crippen MR) is 63.1 cm³/mol. The average Bonchev–Trinajstić information content (AvgIpc) is 2.34. The van der Waals surface area contributed by atoms with Gasteiger partial charge < -0.3 is 14.6 Å². The van der Waals surface area contributed by atoms with Gasteiger partial charge in [-0.2, -0.15) is 0 Å². The largest absolute Gasteiger partial charge is 0.495 e. The number of carbonyl (C=O) groups excluding carboxylic acids is 1. The number of sulfone groups is 1. The van der Waals surface area contributed by atoms with Crippen molar-refractivity contribution in [3.63, 3.8) is 0 Å². The molecule has 0 spiro atoms. The Morgan fingerprint density at radius 3 is 2.39 bits per heavy atom. The standard InChI is InChI=1S/C11H14O6S/c1-16-8-6-4-5-7(9(12)11(13)17-2)10(8)18(3,14)15/h4-6,9,12H,1-3H3. The SMILES string of the molecule is COC(=O)C(O)c1cccc(OC)c1S(C)(=O)=O. The molecule has 0 amide bonds. The van der Waals surface area contributed by atoms with Crippen molar-refractivity contribution >= 4 is 15.8 Å². The Balaban J connectivity index is 3.50. The minimum Gasteiger partial charge on any atom is -0.495 e. The van der Waals surface area contributed by atoms with Crippen molar-refractivity contribution in [2.45, 2.75) is 11.0 Å². The number of aliphatic hydroxyl groups excluding tert-OH is 1. The molecule has 1 aromatic rings. The minimum absolute atomic E-state index is 0.0660. The van der Waals surface area contributed by atoms with E-state index in [1.807, 2.05) is 0 Å². The highest BCUT2D eigenvalue weighted by Gasteiger charge is 2.28. The summed E-state index contributed by atoms with van der Waals surface area (Å²) in [5.74, 6) is -0.869. The van der Waals surface area contributed by atoms with Gasteiger partial charge in [-0.15, -0.1) is 0 Å². The van der Waals surface area contributed by atoms with Crippen LogP contribution in [0.25, 0.3) is 0 Å². The normalized spacial score (nSPS) is 12.9. The molecule has 18 heavy (non-hydrogen) atoms. The summed E-state index contributed by atoms with van der Waals surface area (Å²) in [5, 5.41) is 9.76. The van der Waals surface area contributed by atoms with Crippen LogP contribution in [0.5, 0.6) is 5.75 Å². The zero-order valence-corrected chi connectivity index (χ0v) is 11.0.